The summed E-state index contributed by atoms with van der Waals surface area (Å²) in [5, 5.41) is 1.00. The van der Waals surface area contributed by atoms with Gasteiger partial charge < -0.3 is 14.2 Å². The first-order valence-electron chi connectivity index (χ1n) is 18.4. The van der Waals surface area contributed by atoms with Crippen molar-refractivity contribution in [3.8, 4) is 22.4 Å². The number of benzene rings is 5. The predicted octanol–water partition coefficient (Wildman–Crippen LogP) is 11.7. The lowest BCUT2D eigenvalue weighted by atomic mass is 9.75. The number of nitrogens with zero attached hydrogens (tertiary/aromatic N) is 4. The topological polar surface area (TPSA) is 45.4 Å². The van der Waals surface area contributed by atoms with Crippen LogP contribution in [-0.2, 0) is 5.41 Å². The molecule has 5 aromatic carbocycles. The molecule has 5 nitrogen and oxygen atoms in total. The molecule has 0 bridgehead atoms. The average molecular weight is 685 g/mol. The summed E-state index contributed by atoms with van der Waals surface area (Å²) < 4.78 is 6.27. The van der Waals surface area contributed by atoms with Crippen molar-refractivity contribution in [1.29, 1.82) is 0 Å². The number of furan rings is 1. The molecule has 2 aromatic heterocycles. The van der Waals surface area contributed by atoms with Crippen LogP contribution in [0.25, 0.3) is 44.5 Å². The van der Waals surface area contributed by atoms with Crippen molar-refractivity contribution in [3.63, 3.8) is 0 Å². The highest BCUT2D eigenvalue weighted by molar-refractivity contribution is 6.06. The van der Waals surface area contributed by atoms with Crippen LogP contribution in [0, 0.1) is 0 Å². The quantitative estimate of drug-likeness (QED) is 0.185. The Labute approximate surface area is 308 Å². The molecule has 4 aliphatic rings. The van der Waals surface area contributed by atoms with Crippen LogP contribution in [0.4, 0.5) is 22.7 Å². The smallest absolute Gasteiger partial charge is 0.180 e. The first-order valence-corrected chi connectivity index (χ1v) is 18.4. The summed E-state index contributed by atoms with van der Waals surface area (Å²) in [5.41, 5.74) is 13.8. The summed E-state index contributed by atoms with van der Waals surface area (Å²) in [6.07, 6.45) is 19.8. The average Bonchev–Trinajstić information content (AvgIpc) is 3.80. The maximum Gasteiger partial charge on any atom is 0.180 e. The van der Waals surface area contributed by atoms with Crippen molar-refractivity contribution in [3.05, 3.63) is 181 Å². The molecule has 0 saturated heterocycles. The highest BCUT2D eigenvalue weighted by atomic mass is 16.3. The van der Waals surface area contributed by atoms with Gasteiger partial charge in [0.25, 0.3) is 0 Å². The van der Waals surface area contributed by atoms with E-state index in [9.17, 15) is 0 Å². The third-order valence-electron chi connectivity index (χ3n) is 12.1. The van der Waals surface area contributed by atoms with Gasteiger partial charge in [-0.15, -0.1) is 0 Å². The maximum absolute atomic E-state index is 6.27. The molecule has 0 saturated carbocycles. The second-order valence-corrected chi connectivity index (χ2v) is 15.0. The van der Waals surface area contributed by atoms with Gasteiger partial charge in [-0.05, 0) is 90.7 Å². The van der Waals surface area contributed by atoms with Gasteiger partial charge in [0, 0.05) is 45.0 Å². The Morgan fingerprint density at radius 2 is 1.40 bits per heavy atom. The van der Waals surface area contributed by atoms with E-state index >= 15 is 0 Å². The van der Waals surface area contributed by atoms with Gasteiger partial charge in [-0.1, -0.05) is 109 Å². The summed E-state index contributed by atoms with van der Waals surface area (Å²) in [5.74, 6) is 0.287. The summed E-state index contributed by atoms with van der Waals surface area (Å²) in [7, 11) is 0. The van der Waals surface area contributed by atoms with E-state index in [4.69, 9.17) is 4.42 Å². The Hall–Kier alpha value is -6.46. The number of hydrogen-bond donors (Lipinski definition) is 0. The SMILES string of the molecule is CC12C=CC=CC1N(c1ccc(-c3ncnc4c3oc3ccccc34)cc1)c1ccc(-c3ccc4c(c3)N(c3ccccc3)C3(C)C=CC=CC43)cc12. The zero-order chi connectivity index (χ0) is 35.3. The molecule has 0 spiro atoms. The molecule has 53 heavy (non-hydrogen) atoms. The van der Waals surface area contributed by atoms with E-state index in [1.54, 1.807) is 6.33 Å². The van der Waals surface area contributed by atoms with Crippen LogP contribution in [0.1, 0.15) is 30.9 Å². The Morgan fingerprint density at radius 1 is 0.642 bits per heavy atom. The Balaban J connectivity index is 0.990. The lowest BCUT2D eigenvalue weighted by molar-refractivity contribution is 0.542. The van der Waals surface area contributed by atoms with Gasteiger partial charge in [-0.3, -0.25) is 0 Å². The van der Waals surface area contributed by atoms with E-state index in [1.807, 2.05) is 24.3 Å². The largest absolute Gasteiger partial charge is 0.452 e. The normalized spacial score (nSPS) is 23.4. The molecule has 4 unspecified atom stereocenters. The first kappa shape index (κ1) is 30.2. The lowest BCUT2D eigenvalue weighted by Gasteiger charge is -2.39. The lowest BCUT2D eigenvalue weighted by Crippen LogP contribution is -2.41. The molecule has 4 heterocycles. The third kappa shape index (κ3) is 4.25. The molecule has 0 amide bonds. The summed E-state index contributed by atoms with van der Waals surface area (Å²) in [6.45, 7) is 4.73. The van der Waals surface area contributed by atoms with Gasteiger partial charge in [0.05, 0.1) is 11.6 Å². The minimum absolute atomic E-state index is 0.139. The van der Waals surface area contributed by atoms with E-state index in [0.717, 1.165) is 33.4 Å². The van der Waals surface area contributed by atoms with Crippen LogP contribution < -0.4 is 9.80 Å². The number of anilines is 4. The summed E-state index contributed by atoms with van der Waals surface area (Å²) in [6, 6.07) is 41.8. The van der Waals surface area contributed by atoms with E-state index in [-0.39, 0.29) is 22.9 Å². The molecule has 4 atom stereocenters. The Morgan fingerprint density at radius 3 is 2.28 bits per heavy atom. The fraction of sp³-hybridized carbons (Fsp3) is 0.125. The monoisotopic (exact) mass is 684 g/mol. The first-order chi connectivity index (χ1) is 26.0. The van der Waals surface area contributed by atoms with Crippen molar-refractivity contribution in [1.82, 2.24) is 9.97 Å². The van der Waals surface area contributed by atoms with Gasteiger partial charge >= 0.3 is 0 Å². The second kappa shape index (κ2) is 11.0. The molecule has 2 aliphatic carbocycles. The molecular formula is C48H36N4O. The fourth-order valence-electron chi connectivity index (χ4n) is 9.43. The second-order valence-electron chi connectivity index (χ2n) is 15.0. The Kier molecular flexibility index (Phi) is 6.28. The molecule has 0 fully saturated rings. The van der Waals surface area contributed by atoms with Gasteiger partial charge in [-0.25, -0.2) is 9.97 Å². The van der Waals surface area contributed by atoms with Crippen LogP contribution in [0.15, 0.2) is 175 Å². The highest BCUT2D eigenvalue weighted by Crippen LogP contribution is 2.56. The molecule has 0 radical (unpaired) electrons. The summed E-state index contributed by atoms with van der Waals surface area (Å²) in [4.78, 5) is 14.3. The predicted molar refractivity (Wildman–Crippen MR) is 216 cm³/mol. The zero-order valence-corrected chi connectivity index (χ0v) is 29.5. The minimum atomic E-state index is -0.198. The highest BCUT2D eigenvalue weighted by Gasteiger charge is 2.48. The molecule has 11 rings (SSSR count). The van der Waals surface area contributed by atoms with Crippen LogP contribution in [0.3, 0.4) is 0 Å². The molecular weight excluding hydrogens is 649 g/mol. The van der Waals surface area contributed by atoms with E-state index in [0.29, 0.717) is 5.58 Å². The van der Waals surface area contributed by atoms with Crippen molar-refractivity contribution in [2.75, 3.05) is 9.80 Å². The molecule has 254 valence electrons. The van der Waals surface area contributed by atoms with Crippen molar-refractivity contribution in [2.45, 2.75) is 36.8 Å². The number of allylic oxidation sites excluding steroid dienone is 4. The molecule has 7 aromatic rings. The zero-order valence-electron chi connectivity index (χ0n) is 29.5. The van der Waals surface area contributed by atoms with Gasteiger partial charge in [0.1, 0.15) is 23.1 Å². The number of aromatic nitrogens is 2. The Bertz CT molecular complexity index is 2740. The summed E-state index contributed by atoms with van der Waals surface area (Å²) >= 11 is 0. The third-order valence-corrected chi connectivity index (χ3v) is 12.1. The van der Waals surface area contributed by atoms with Crippen molar-refractivity contribution < 1.29 is 4.42 Å². The van der Waals surface area contributed by atoms with Gasteiger partial charge in [0.2, 0.25) is 0 Å². The number of hydrogen-bond acceptors (Lipinski definition) is 5. The number of fused-ring (bicyclic) bond motifs is 9. The van der Waals surface area contributed by atoms with Crippen molar-refractivity contribution >= 4 is 44.8 Å². The minimum Gasteiger partial charge on any atom is -0.452 e. The molecule has 2 aliphatic heterocycles. The molecule has 0 N–H and O–H groups in total. The van der Waals surface area contributed by atoms with Gasteiger partial charge in [-0.2, -0.15) is 0 Å². The van der Waals surface area contributed by atoms with Crippen LogP contribution in [0.2, 0.25) is 0 Å². The standard InChI is InChI=1S/C48H36N4O/c1-47-26-10-9-17-43(47)51(34-22-18-31(19-23-34)44-46-45(50-30-49-44)37-14-6-7-16-42(37)53-46)40-25-21-32(28-39(40)47)33-20-24-36-38-15-8-11-27-48(38,2)52(41(36)29-33)35-12-4-3-5-13-35/h3-30,38,43H,1-2H3. The molecule has 5 heteroatoms. The van der Waals surface area contributed by atoms with Crippen LogP contribution >= 0.6 is 0 Å². The number of rotatable bonds is 4. The van der Waals surface area contributed by atoms with E-state index < -0.39 is 0 Å². The maximum atomic E-state index is 6.27. The van der Waals surface area contributed by atoms with Gasteiger partial charge in [0.15, 0.2) is 5.58 Å². The van der Waals surface area contributed by atoms with Crippen molar-refractivity contribution in [2.24, 2.45) is 0 Å². The van der Waals surface area contributed by atoms with Crippen LogP contribution in [-0.4, -0.2) is 21.5 Å². The van der Waals surface area contributed by atoms with E-state index in [1.165, 1.54) is 39.3 Å². The van der Waals surface area contributed by atoms with E-state index in [2.05, 4.69) is 173 Å². The van der Waals surface area contributed by atoms with Crippen LogP contribution in [0.5, 0.6) is 0 Å². The fourth-order valence-corrected chi connectivity index (χ4v) is 9.43. The number of para-hydroxylation sites is 2.